The summed E-state index contributed by atoms with van der Waals surface area (Å²) in [4.78, 5) is 27.9. The van der Waals surface area contributed by atoms with Gasteiger partial charge in [0, 0.05) is 13.1 Å². The average molecular weight is 526 g/mol. The molecule has 0 aliphatic rings. The van der Waals surface area contributed by atoms with E-state index in [-0.39, 0.29) is 23.0 Å². The Morgan fingerprint density at radius 3 is 2.16 bits per heavy atom. The van der Waals surface area contributed by atoms with Gasteiger partial charge < -0.3 is 10.2 Å². The van der Waals surface area contributed by atoms with Crippen LogP contribution in [0.25, 0.3) is 0 Å². The Hall–Kier alpha value is -3.72. The van der Waals surface area contributed by atoms with Crippen LogP contribution in [0.4, 0.5) is 10.1 Å². The van der Waals surface area contributed by atoms with Crippen molar-refractivity contribution in [3.05, 3.63) is 95.8 Å². The summed E-state index contributed by atoms with van der Waals surface area (Å²) in [5.74, 6) is -1.43. The minimum absolute atomic E-state index is 0.00132. The number of amides is 2. The quantitative estimate of drug-likeness (QED) is 0.405. The first kappa shape index (κ1) is 27.9. The van der Waals surface area contributed by atoms with Crippen molar-refractivity contribution < 1.29 is 22.4 Å². The van der Waals surface area contributed by atoms with Crippen molar-refractivity contribution in [2.45, 2.75) is 44.7 Å². The summed E-state index contributed by atoms with van der Waals surface area (Å²) in [6, 6.07) is 19.5. The molecule has 1 atom stereocenters. The predicted octanol–water partition coefficient (Wildman–Crippen LogP) is 4.27. The molecule has 3 aromatic carbocycles. The summed E-state index contributed by atoms with van der Waals surface area (Å²) in [5.41, 5.74) is 1.81. The van der Waals surface area contributed by atoms with Gasteiger partial charge in [0.1, 0.15) is 18.4 Å². The van der Waals surface area contributed by atoms with E-state index >= 15 is 0 Å². The lowest BCUT2D eigenvalue weighted by Crippen LogP contribution is -2.51. The van der Waals surface area contributed by atoms with Gasteiger partial charge >= 0.3 is 0 Å². The predicted molar refractivity (Wildman–Crippen MR) is 142 cm³/mol. The van der Waals surface area contributed by atoms with Crippen molar-refractivity contribution in [1.82, 2.24) is 10.2 Å². The maximum absolute atomic E-state index is 13.7. The number of aryl methyl sites for hydroxylation is 1. The van der Waals surface area contributed by atoms with Gasteiger partial charge in [0.05, 0.1) is 10.6 Å². The summed E-state index contributed by atoms with van der Waals surface area (Å²) < 4.78 is 42.0. The molecule has 9 heteroatoms. The van der Waals surface area contributed by atoms with Crippen LogP contribution in [0.1, 0.15) is 31.4 Å². The van der Waals surface area contributed by atoms with Crippen LogP contribution in [0.15, 0.2) is 83.8 Å². The molecule has 0 aliphatic carbocycles. The summed E-state index contributed by atoms with van der Waals surface area (Å²) >= 11 is 0. The lowest BCUT2D eigenvalue weighted by molar-refractivity contribution is -0.139. The van der Waals surface area contributed by atoms with Gasteiger partial charge in [-0.2, -0.15) is 0 Å². The Morgan fingerprint density at radius 1 is 0.946 bits per heavy atom. The van der Waals surface area contributed by atoms with Crippen LogP contribution in [-0.4, -0.2) is 44.3 Å². The van der Waals surface area contributed by atoms with Crippen molar-refractivity contribution in [2.24, 2.45) is 0 Å². The standard InChI is InChI=1S/C28H32FN3O4S/c1-4-18-30-28(34)22(3)31(19-23-8-6-5-7-9-23)27(33)20-32(25-14-12-24(29)13-15-25)37(35,36)26-16-10-21(2)11-17-26/h5-17,22H,4,18-20H2,1-3H3,(H,30,34)/t22-/m0/s1. The van der Waals surface area contributed by atoms with E-state index in [1.807, 2.05) is 44.2 Å². The van der Waals surface area contributed by atoms with Crippen molar-refractivity contribution in [1.29, 1.82) is 0 Å². The fraction of sp³-hybridized carbons (Fsp3) is 0.286. The summed E-state index contributed by atoms with van der Waals surface area (Å²) in [7, 11) is -4.18. The first-order valence-electron chi connectivity index (χ1n) is 12.1. The average Bonchev–Trinajstić information content (AvgIpc) is 2.89. The van der Waals surface area contributed by atoms with Crippen molar-refractivity contribution in [3.8, 4) is 0 Å². The molecular weight excluding hydrogens is 493 g/mol. The Kier molecular flexibility index (Phi) is 9.41. The van der Waals surface area contributed by atoms with Gasteiger partial charge in [0.15, 0.2) is 0 Å². The van der Waals surface area contributed by atoms with Gasteiger partial charge in [0.2, 0.25) is 11.8 Å². The normalized spacial score (nSPS) is 12.0. The highest BCUT2D eigenvalue weighted by Crippen LogP contribution is 2.25. The van der Waals surface area contributed by atoms with E-state index < -0.39 is 34.3 Å². The number of hydrogen-bond acceptors (Lipinski definition) is 4. The monoisotopic (exact) mass is 525 g/mol. The van der Waals surface area contributed by atoms with Crippen LogP contribution in [-0.2, 0) is 26.2 Å². The third kappa shape index (κ3) is 7.16. The molecule has 37 heavy (non-hydrogen) atoms. The number of anilines is 1. The molecule has 0 aromatic heterocycles. The molecule has 196 valence electrons. The first-order valence-corrected chi connectivity index (χ1v) is 13.5. The number of carbonyl (C=O) groups is 2. The zero-order valence-electron chi connectivity index (χ0n) is 21.2. The minimum Gasteiger partial charge on any atom is -0.354 e. The second-order valence-electron chi connectivity index (χ2n) is 8.78. The Morgan fingerprint density at radius 2 is 1.57 bits per heavy atom. The van der Waals surface area contributed by atoms with Gasteiger partial charge in [-0.25, -0.2) is 12.8 Å². The second kappa shape index (κ2) is 12.5. The number of nitrogens with zero attached hydrogens (tertiary/aromatic N) is 2. The number of rotatable bonds is 11. The summed E-state index contributed by atoms with van der Waals surface area (Å²) in [6.45, 7) is 5.38. The van der Waals surface area contributed by atoms with Gasteiger partial charge in [-0.15, -0.1) is 0 Å². The molecule has 2 amide bonds. The van der Waals surface area contributed by atoms with E-state index in [9.17, 15) is 22.4 Å². The van der Waals surface area contributed by atoms with Crippen LogP contribution in [0.3, 0.4) is 0 Å². The van der Waals surface area contributed by atoms with Gasteiger partial charge in [-0.1, -0.05) is 55.0 Å². The topological polar surface area (TPSA) is 86.8 Å². The first-order chi connectivity index (χ1) is 17.6. The van der Waals surface area contributed by atoms with E-state index in [1.165, 1.54) is 29.2 Å². The maximum atomic E-state index is 13.7. The van der Waals surface area contributed by atoms with E-state index in [0.717, 1.165) is 34.0 Å². The number of nitrogens with one attached hydrogen (secondary N) is 1. The van der Waals surface area contributed by atoms with E-state index in [1.54, 1.807) is 19.1 Å². The Balaban J connectivity index is 1.99. The number of hydrogen-bond donors (Lipinski definition) is 1. The zero-order valence-corrected chi connectivity index (χ0v) is 22.0. The highest BCUT2D eigenvalue weighted by atomic mass is 32.2. The number of sulfonamides is 1. The molecule has 7 nitrogen and oxygen atoms in total. The largest absolute Gasteiger partial charge is 0.354 e. The highest BCUT2D eigenvalue weighted by molar-refractivity contribution is 7.92. The Bertz CT molecular complexity index is 1300. The van der Waals surface area contributed by atoms with Crippen molar-refractivity contribution in [3.63, 3.8) is 0 Å². The SMILES string of the molecule is CCCNC(=O)[C@H](C)N(Cc1ccccc1)C(=O)CN(c1ccc(F)cc1)S(=O)(=O)c1ccc(C)cc1. The Labute approximate surface area is 218 Å². The van der Waals surface area contributed by atoms with Crippen LogP contribution in [0.5, 0.6) is 0 Å². The molecule has 0 heterocycles. The molecule has 3 rings (SSSR count). The molecule has 0 unspecified atom stereocenters. The molecule has 1 N–H and O–H groups in total. The smallest absolute Gasteiger partial charge is 0.264 e. The fourth-order valence-corrected chi connectivity index (χ4v) is 5.15. The van der Waals surface area contributed by atoms with Gasteiger partial charge in [-0.05, 0) is 62.2 Å². The van der Waals surface area contributed by atoms with E-state index in [4.69, 9.17) is 0 Å². The van der Waals surface area contributed by atoms with E-state index in [0.29, 0.717) is 6.54 Å². The molecular formula is C28H32FN3O4S. The fourth-order valence-electron chi connectivity index (χ4n) is 3.73. The van der Waals surface area contributed by atoms with Gasteiger partial charge in [-0.3, -0.25) is 13.9 Å². The van der Waals surface area contributed by atoms with Crippen LogP contribution >= 0.6 is 0 Å². The molecule has 0 aliphatic heterocycles. The molecule has 0 radical (unpaired) electrons. The highest BCUT2D eigenvalue weighted by Gasteiger charge is 2.32. The third-order valence-electron chi connectivity index (χ3n) is 5.91. The van der Waals surface area contributed by atoms with E-state index in [2.05, 4.69) is 5.32 Å². The molecule has 0 saturated carbocycles. The lowest BCUT2D eigenvalue weighted by atomic mass is 10.1. The second-order valence-corrected chi connectivity index (χ2v) is 10.6. The van der Waals surface area contributed by atoms with Crippen LogP contribution < -0.4 is 9.62 Å². The van der Waals surface area contributed by atoms with Gasteiger partial charge in [0.25, 0.3) is 10.0 Å². The molecule has 0 saturated heterocycles. The number of benzene rings is 3. The number of halogens is 1. The van der Waals surface area contributed by atoms with Crippen LogP contribution in [0, 0.1) is 12.7 Å². The molecule has 3 aromatic rings. The van der Waals surface area contributed by atoms with Crippen molar-refractivity contribution in [2.75, 3.05) is 17.4 Å². The maximum Gasteiger partial charge on any atom is 0.264 e. The molecule has 0 bridgehead atoms. The number of carbonyl (C=O) groups excluding carboxylic acids is 2. The van der Waals surface area contributed by atoms with Crippen LogP contribution in [0.2, 0.25) is 0 Å². The molecule has 0 fully saturated rings. The molecule has 0 spiro atoms. The minimum atomic E-state index is -4.18. The summed E-state index contributed by atoms with van der Waals surface area (Å²) in [5, 5.41) is 2.80. The third-order valence-corrected chi connectivity index (χ3v) is 7.70. The zero-order chi connectivity index (χ0) is 27.0. The van der Waals surface area contributed by atoms with Crippen molar-refractivity contribution >= 4 is 27.5 Å². The lowest BCUT2D eigenvalue weighted by Gasteiger charge is -2.32. The summed E-state index contributed by atoms with van der Waals surface area (Å²) in [6.07, 6.45) is 0.734.